The topological polar surface area (TPSA) is 46.9 Å². The van der Waals surface area contributed by atoms with Crippen LogP contribution in [0.1, 0.15) is 51.4 Å². The number of nitrogens with zero attached hydrogens (tertiary/aromatic N) is 2. The lowest BCUT2D eigenvalue weighted by Gasteiger charge is -2.18. The predicted octanol–water partition coefficient (Wildman–Crippen LogP) is 5.50. The zero-order valence-electron chi connectivity index (χ0n) is 17.9. The van der Waals surface area contributed by atoms with Crippen LogP contribution in [0.25, 0.3) is 11.0 Å². The number of fused-ring (bicyclic) bond motifs is 1. The van der Waals surface area contributed by atoms with E-state index in [1.807, 2.05) is 56.3 Å². The van der Waals surface area contributed by atoms with E-state index in [-0.39, 0.29) is 11.9 Å². The normalized spacial score (nSPS) is 12.1. The summed E-state index contributed by atoms with van der Waals surface area (Å²) in [5, 5.41) is 3.13. The largest absolute Gasteiger partial charge is 0.342 e. The zero-order chi connectivity index (χ0) is 21.3. The van der Waals surface area contributed by atoms with Crippen molar-refractivity contribution in [2.24, 2.45) is 0 Å². The lowest BCUT2D eigenvalue weighted by atomic mass is 10.1. The van der Waals surface area contributed by atoms with Gasteiger partial charge in [0.1, 0.15) is 5.82 Å². The van der Waals surface area contributed by atoms with E-state index in [0.717, 1.165) is 22.4 Å². The van der Waals surface area contributed by atoms with Gasteiger partial charge in [0.05, 0.1) is 17.1 Å². The maximum Gasteiger partial charge on any atom is 0.251 e. The molecule has 1 heterocycles. The molecule has 1 unspecified atom stereocenters. The first kappa shape index (κ1) is 19.9. The lowest BCUT2D eigenvalue weighted by Crippen LogP contribution is -2.29. The van der Waals surface area contributed by atoms with Crippen molar-refractivity contribution in [3.05, 3.63) is 100 Å². The van der Waals surface area contributed by atoms with E-state index >= 15 is 0 Å². The average molecular weight is 398 g/mol. The van der Waals surface area contributed by atoms with Crippen LogP contribution in [0.3, 0.4) is 0 Å². The number of aromatic nitrogens is 2. The molecule has 0 spiro atoms. The molecule has 1 aromatic heterocycles. The van der Waals surface area contributed by atoms with E-state index in [0.29, 0.717) is 12.1 Å². The Morgan fingerprint density at radius 2 is 1.73 bits per heavy atom. The molecule has 4 aromatic rings. The molecule has 152 valence electrons. The number of hydrogen-bond donors (Lipinski definition) is 1. The minimum Gasteiger partial charge on any atom is -0.342 e. The summed E-state index contributed by atoms with van der Waals surface area (Å²) in [6, 6.07) is 22.1. The van der Waals surface area contributed by atoms with Gasteiger partial charge in [-0.05, 0) is 63.1 Å². The fourth-order valence-corrected chi connectivity index (χ4v) is 3.86. The Morgan fingerprint density at radius 1 is 0.967 bits per heavy atom. The van der Waals surface area contributed by atoms with Crippen molar-refractivity contribution in [1.29, 1.82) is 0 Å². The van der Waals surface area contributed by atoms with Crippen molar-refractivity contribution in [3.8, 4) is 0 Å². The van der Waals surface area contributed by atoms with Crippen molar-refractivity contribution in [3.63, 3.8) is 0 Å². The summed E-state index contributed by atoms with van der Waals surface area (Å²) in [7, 11) is 0. The first-order valence-corrected chi connectivity index (χ1v) is 10.3. The number of amides is 1. The molecule has 4 rings (SSSR count). The van der Waals surface area contributed by atoms with Gasteiger partial charge in [-0.2, -0.15) is 0 Å². The van der Waals surface area contributed by atoms with Crippen LogP contribution in [-0.2, 0) is 6.54 Å². The number of carbonyl (C=O) groups excluding carboxylic acids is 1. The van der Waals surface area contributed by atoms with Gasteiger partial charge in [0.15, 0.2) is 0 Å². The molecule has 4 nitrogen and oxygen atoms in total. The highest BCUT2D eigenvalue weighted by Crippen LogP contribution is 2.24. The van der Waals surface area contributed by atoms with Crippen LogP contribution in [0, 0.1) is 20.8 Å². The fraction of sp³-hybridized carbons (Fsp3) is 0.231. The number of rotatable bonds is 5. The van der Waals surface area contributed by atoms with Crippen LogP contribution in [0.4, 0.5) is 0 Å². The standard InChI is InChI=1S/C26H27N3O/c1-17-8-7-9-21(14-17)26(30)27-20(4)25-28-23-10-5-6-11-24(23)29(25)16-22-15-18(2)12-13-19(22)3/h5-15,20H,16H2,1-4H3,(H,27,30). The Balaban J connectivity index is 1.70. The Morgan fingerprint density at radius 3 is 2.53 bits per heavy atom. The van der Waals surface area contributed by atoms with E-state index in [2.05, 4.69) is 48.0 Å². The first-order chi connectivity index (χ1) is 14.4. The summed E-state index contributed by atoms with van der Waals surface area (Å²) in [6.45, 7) is 8.95. The molecule has 0 saturated carbocycles. The minimum absolute atomic E-state index is 0.0865. The minimum atomic E-state index is -0.226. The molecular formula is C26H27N3O. The van der Waals surface area contributed by atoms with Gasteiger partial charge >= 0.3 is 0 Å². The van der Waals surface area contributed by atoms with Crippen LogP contribution in [-0.4, -0.2) is 15.5 Å². The van der Waals surface area contributed by atoms with Gasteiger partial charge in [0.2, 0.25) is 0 Å². The molecule has 0 aliphatic rings. The molecule has 1 N–H and O–H groups in total. The smallest absolute Gasteiger partial charge is 0.251 e. The van der Waals surface area contributed by atoms with Gasteiger partial charge in [-0.15, -0.1) is 0 Å². The monoisotopic (exact) mass is 397 g/mol. The van der Waals surface area contributed by atoms with Crippen molar-refractivity contribution < 1.29 is 4.79 Å². The Kier molecular flexibility index (Phi) is 5.40. The summed E-state index contributed by atoms with van der Waals surface area (Å²) in [6.07, 6.45) is 0. The summed E-state index contributed by atoms with van der Waals surface area (Å²) >= 11 is 0. The number of nitrogens with one attached hydrogen (secondary N) is 1. The Labute approximate surface area is 177 Å². The van der Waals surface area contributed by atoms with E-state index < -0.39 is 0 Å². The second-order valence-electron chi connectivity index (χ2n) is 8.04. The number of carbonyl (C=O) groups is 1. The molecule has 4 heteroatoms. The maximum absolute atomic E-state index is 12.8. The van der Waals surface area contributed by atoms with Crippen molar-refractivity contribution in [2.45, 2.75) is 40.3 Å². The quantitative estimate of drug-likeness (QED) is 0.483. The van der Waals surface area contributed by atoms with Gasteiger partial charge in [0.25, 0.3) is 5.91 Å². The third-order valence-electron chi connectivity index (χ3n) is 5.53. The molecule has 0 aliphatic heterocycles. The average Bonchev–Trinajstić information content (AvgIpc) is 3.09. The summed E-state index contributed by atoms with van der Waals surface area (Å²) < 4.78 is 2.22. The van der Waals surface area contributed by atoms with Crippen molar-refractivity contribution >= 4 is 16.9 Å². The van der Waals surface area contributed by atoms with Crippen LogP contribution < -0.4 is 5.32 Å². The summed E-state index contributed by atoms with van der Waals surface area (Å²) in [4.78, 5) is 17.7. The molecular weight excluding hydrogens is 370 g/mol. The van der Waals surface area contributed by atoms with E-state index in [1.54, 1.807) is 0 Å². The molecule has 1 atom stereocenters. The number of para-hydroxylation sites is 2. The zero-order valence-corrected chi connectivity index (χ0v) is 17.9. The first-order valence-electron chi connectivity index (χ1n) is 10.3. The SMILES string of the molecule is Cc1cccc(C(=O)NC(C)c2nc3ccccc3n2Cc2cc(C)ccc2C)c1. The van der Waals surface area contributed by atoms with E-state index in [4.69, 9.17) is 4.98 Å². The third kappa shape index (κ3) is 3.99. The predicted molar refractivity (Wildman–Crippen MR) is 122 cm³/mol. The molecule has 0 saturated heterocycles. The summed E-state index contributed by atoms with van der Waals surface area (Å²) in [5.41, 5.74) is 7.50. The van der Waals surface area contributed by atoms with Crippen LogP contribution >= 0.6 is 0 Å². The van der Waals surface area contributed by atoms with Crippen LogP contribution in [0.15, 0.2) is 66.7 Å². The van der Waals surface area contributed by atoms with Gasteiger partial charge in [-0.3, -0.25) is 4.79 Å². The third-order valence-corrected chi connectivity index (χ3v) is 5.53. The highest BCUT2D eigenvalue weighted by Gasteiger charge is 2.19. The molecule has 30 heavy (non-hydrogen) atoms. The molecule has 1 amide bonds. The Hall–Kier alpha value is -3.40. The van der Waals surface area contributed by atoms with Gasteiger partial charge in [0, 0.05) is 12.1 Å². The number of imidazole rings is 1. The molecule has 0 radical (unpaired) electrons. The van der Waals surface area contributed by atoms with Crippen LogP contribution in [0.2, 0.25) is 0 Å². The maximum atomic E-state index is 12.8. The number of aryl methyl sites for hydroxylation is 3. The molecule has 0 aliphatic carbocycles. The number of benzene rings is 3. The highest BCUT2D eigenvalue weighted by molar-refractivity contribution is 5.94. The van der Waals surface area contributed by atoms with Crippen LogP contribution in [0.5, 0.6) is 0 Å². The molecule has 3 aromatic carbocycles. The molecule has 0 fully saturated rings. The van der Waals surface area contributed by atoms with E-state index in [1.165, 1.54) is 16.7 Å². The van der Waals surface area contributed by atoms with Crippen molar-refractivity contribution in [1.82, 2.24) is 14.9 Å². The molecule has 0 bridgehead atoms. The van der Waals surface area contributed by atoms with Gasteiger partial charge < -0.3 is 9.88 Å². The Bertz CT molecular complexity index is 1220. The second kappa shape index (κ2) is 8.15. The highest BCUT2D eigenvalue weighted by atomic mass is 16.1. The lowest BCUT2D eigenvalue weighted by molar-refractivity contribution is 0.0937. The van der Waals surface area contributed by atoms with Crippen molar-refractivity contribution in [2.75, 3.05) is 0 Å². The number of hydrogen-bond acceptors (Lipinski definition) is 2. The fourth-order valence-electron chi connectivity index (χ4n) is 3.86. The van der Waals surface area contributed by atoms with Gasteiger partial charge in [-0.1, -0.05) is 53.6 Å². The summed E-state index contributed by atoms with van der Waals surface area (Å²) in [5.74, 6) is 0.773. The van der Waals surface area contributed by atoms with Gasteiger partial charge in [-0.25, -0.2) is 4.98 Å². The second-order valence-corrected chi connectivity index (χ2v) is 8.04. The van der Waals surface area contributed by atoms with E-state index in [9.17, 15) is 4.79 Å².